The summed E-state index contributed by atoms with van der Waals surface area (Å²) < 4.78 is 29.3. The molecule has 4 rings (SSSR count). The van der Waals surface area contributed by atoms with E-state index in [-0.39, 0.29) is 16.9 Å². The summed E-state index contributed by atoms with van der Waals surface area (Å²) in [7, 11) is -3.27. The molecule has 0 spiro atoms. The van der Waals surface area contributed by atoms with Crippen molar-refractivity contribution in [2.75, 3.05) is 42.3 Å². The zero-order valence-electron chi connectivity index (χ0n) is 20.2. The number of ether oxygens (including phenoxy) is 1. The normalized spacial score (nSPS) is 17.5. The molecule has 9 heteroatoms. The SMILES string of the molecule is CCCc1cnc(N2CCC(C(C)COC(=O)N3CCc4cc(S(C)(=O)=O)ccc43)CC2)nc1. The van der Waals surface area contributed by atoms with Crippen molar-refractivity contribution in [3.05, 3.63) is 41.7 Å². The molecule has 1 atom stereocenters. The minimum Gasteiger partial charge on any atom is -0.449 e. The van der Waals surface area contributed by atoms with E-state index in [1.807, 2.05) is 12.4 Å². The van der Waals surface area contributed by atoms with Gasteiger partial charge in [-0.05, 0) is 66.8 Å². The Morgan fingerprint density at radius 2 is 1.88 bits per heavy atom. The molecular weight excluding hydrogens is 452 g/mol. The fraction of sp³-hybridized carbons (Fsp3) is 0.560. The lowest BCUT2D eigenvalue weighted by atomic mass is 9.86. The third-order valence-corrected chi connectivity index (χ3v) is 8.03. The van der Waals surface area contributed by atoms with Crippen molar-refractivity contribution in [2.45, 2.75) is 50.8 Å². The Kier molecular flexibility index (Phi) is 7.40. The highest BCUT2D eigenvalue weighted by molar-refractivity contribution is 7.90. The Balaban J connectivity index is 1.26. The molecule has 1 saturated heterocycles. The van der Waals surface area contributed by atoms with E-state index < -0.39 is 9.84 Å². The molecular formula is C25H34N4O4S. The number of piperidine rings is 1. The number of carbonyl (C=O) groups excluding carboxylic acids is 1. The van der Waals surface area contributed by atoms with Crippen LogP contribution in [-0.4, -0.2) is 57.0 Å². The molecule has 0 N–H and O–H groups in total. The number of sulfone groups is 1. The van der Waals surface area contributed by atoms with Crippen LogP contribution in [0.4, 0.5) is 16.4 Å². The number of fused-ring (bicyclic) bond motifs is 1. The maximum atomic E-state index is 12.7. The zero-order valence-corrected chi connectivity index (χ0v) is 21.1. The van der Waals surface area contributed by atoms with Gasteiger partial charge in [-0.25, -0.2) is 23.2 Å². The van der Waals surface area contributed by atoms with Gasteiger partial charge in [0.2, 0.25) is 5.95 Å². The van der Waals surface area contributed by atoms with E-state index in [0.29, 0.717) is 25.5 Å². The lowest BCUT2D eigenvalue weighted by Gasteiger charge is -2.34. The van der Waals surface area contributed by atoms with Crippen LogP contribution >= 0.6 is 0 Å². The van der Waals surface area contributed by atoms with Crippen LogP contribution in [0, 0.1) is 11.8 Å². The highest BCUT2D eigenvalue weighted by Gasteiger charge is 2.29. The fourth-order valence-electron chi connectivity index (χ4n) is 4.81. The first-order valence-electron chi connectivity index (χ1n) is 12.1. The molecule has 1 unspecified atom stereocenters. The van der Waals surface area contributed by atoms with Crippen LogP contribution < -0.4 is 9.80 Å². The molecule has 1 fully saturated rings. The molecule has 1 aromatic carbocycles. The number of amides is 1. The smallest absolute Gasteiger partial charge is 0.414 e. The average Bonchev–Trinajstić information content (AvgIpc) is 3.26. The molecule has 34 heavy (non-hydrogen) atoms. The van der Waals surface area contributed by atoms with Crippen LogP contribution in [0.2, 0.25) is 0 Å². The van der Waals surface area contributed by atoms with Gasteiger partial charge in [0.1, 0.15) is 0 Å². The van der Waals surface area contributed by atoms with E-state index in [2.05, 4.69) is 28.7 Å². The summed E-state index contributed by atoms with van der Waals surface area (Å²) in [4.78, 5) is 25.9. The summed E-state index contributed by atoms with van der Waals surface area (Å²) in [6.45, 7) is 6.97. The van der Waals surface area contributed by atoms with Crippen LogP contribution in [0.1, 0.15) is 44.2 Å². The Morgan fingerprint density at radius 3 is 2.53 bits per heavy atom. The van der Waals surface area contributed by atoms with Crippen molar-refractivity contribution in [2.24, 2.45) is 11.8 Å². The summed E-state index contributed by atoms with van der Waals surface area (Å²) in [6.07, 6.45) is 9.43. The highest BCUT2D eigenvalue weighted by atomic mass is 32.2. The monoisotopic (exact) mass is 486 g/mol. The summed E-state index contributed by atoms with van der Waals surface area (Å²) in [5.74, 6) is 1.53. The second-order valence-corrected chi connectivity index (χ2v) is 11.5. The molecule has 0 radical (unpaired) electrons. The Labute approximate surface area is 202 Å². The van der Waals surface area contributed by atoms with Crippen LogP contribution in [0.15, 0.2) is 35.5 Å². The first-order valence-corrected chi connectivity index (χ1v) is 14.0. The van der Waals surface area contributed by atoms with Crippen molar-refractivity contribution in [3.8, 4) is 0 Å². The third-order valence-electron chi connectivity index (χ3n) is 6.92. The first kappa shape index (κ1) is 24.4. The Hall–Kier alpha value is -2.68. The molecule has 184 valence electrons. The van der Waals surface area contributed by atoms with Gasteiger partial charge in [-0.3, -0.25) is 4.90 Å². The Bertz CT molecular complexity index is 1110. The molecule has 0 saturated carbocycles. The maximum Gasteiger partial charge on any atom is 0.414 e. The van der Waals surface area contributed by atoms with E-state index in [0.717, 1.165) is 56.0 Å². The quantitative estimate of drug-likeness (QED) is 0.586. The third kappa shape index (κ3) is 5.51. The van der Waals surface area contributed by atoms with Gasteiger partial charge in [-0.2, -0.15) is 0 Å². The van der Waals surface area contributed by atoms with Gasteiger partial charge >= 0.3 is 6.09 Å². The van der Waals surface area contributed by atoms with Crippen LogP contribution in [0.3, 0.4) is 0 Å². The van der Waals surface area contributed by atoms with Gasteiger partial charge < -0.3 is 9.64 Å². The highest BCUT2D eigenvalue weighted by Crippen LogP contribution is 2.31. The van der Waals surface area contributed by atoms with Gasteiger partial charge in [-0.15, -0.1) is 0 Å². The molecule has 8 nitrogen and oxygen atoms in total. The fourth-order valence-corrected chi connectivity index (χ4v) is 5.48. The second-order valence-electron chi connectivity index (χ2n) is 9.48. The Morgan fingerprint density at radius 1 is 1.18 bits per heavy atom. The van der Waals surface area contributed by atoms with Crippen molar-refractivity contribution in [1.82, 2.24) is 9.97 Å². The van der Waals surface area contributed by atoms with E-state index in [4.69, 9.17) is 4.74 Å². The molecule has 2 aliphatic heterocycles. The standard InChI is InChI=1S/C25H34N4O4S/c1-4-5-19-15-26-24(27-16-19)28-11-8-20(9-12-28)18(2)17-33-25(30)29-13-10-21-14-22(34(3,31)32)6-7-23(21)29/h6-7,14-16,18,20H,4-5,8-13,17H2,1-3H3. The molecule has 0 aliphatic carbocycles. The summed E-state index contributed by atoms with van der Waals surface area (Å²) in [5.41, 5.74) is 2.78. The van der Waals surface area contributed by atoms with Crippen LogP contribution in [0.25, 0.3) is 0 Å². The van der Waals surface area contributed by atoms with E-state index in [1.165, 1.54) is 11.8 Å². The van der Waals surface area contributed by atoms with Crippen molar-refractivity contribution in [1.29, 1.82) is 0 Å². The minimum absolute atomic E-state index is 0.258. The number of aryl methyl sites for hydroxylation is 1. The van der Waals surface area contributed by atoms with E-state index in [1.54, 1.807) is 23.1 Å². The number of carbonyl (C=O) groups is 1. The summed E-state index contributed by atoms with van der Waals surface area (Å²) >= 11 is 0. The topological polar surface area (TPSA) is 92.7 Å². The summed E-state index contributed by atoms with van der Waals surface area (Å²) in [6, 6.07) is 4.92. The van der Waals surface area contributed by atoms with Gasteiger partial charge in [0.25, 0.3) is 0 Å². The van der Waals surface area contributed by atoms with E-state index >= 15 is 0 Å². The lowest BCUT2D eigenvalue weighted by molar-refractivity contribution is 0.115. The van der Waals surface area contributed by atoms with Gasteiger partial charge in [0.05, 0.1) is 17.2 Å². The molecule has 1 amide bonds. The number of rotatable bonds is 7. The first-order chi connectivity index (χ1) is 16.3. The van der Waals surface area contributed by atoms with Crippen molar-refractivity contribution < 1.29 is 17.9 Å². The predicted molar refractivity (Wildman–Crippen MR) is 132 cm³/mol. The van der Waals surface area contributed by atoms with Gasteiger partial charge in [0.15, 0.2) is 9.84 Å². The molecule has 1 aromatic heterocycles. The molecule has 2 aromatic rings. The number of aromatic nitrogens is 2. The minimum atomic E-state index is -3.27. The molecule has 3 heterocycles. The maximum absolute atomic E-state index is 12.7. The van der Waals surface area contributed by atoms with Gasteiger partial charge in [0, 0.05) is 38.3 Å². The second kappa shape index (κ2) is 10.3. The number of anilines is 2. The average molecular weight is 487 g/mol. The predicted octanol–water partition coefficient (Wildman–Crippen LogP) is 3.88. The molecule has 0 bridgehead atoms. The number of hydrogen-bond acceptors (Lipinski definition) is 7. The summed E-state index contributed by atoms with van der Waals surface area (Å²) in [5, 5.41) is 0. The zero-order chi connectivity index (χ0) is 24.3. The number of benzene rings is 1. The van der Waals surface area contributed by atoms with Crippen LogP contribution in [0.5, 0.6) is 0 Å². The number of hydrogen-bond donors (Lipinski definition) is 0. The largest absolute Gasteiger partial charge is 0.449 e. The van der Waals surface area contributed by atoms with Gasteiger partial charge in [-0.1, -0.05) is 20.3 Å². The van der Waals surface area contributed by atoms with Crippen molar-refractivity contribution >= 4 is 27.6 Å². The van der Waals surface area contributed by atoms with Crippen LogP contribution in [-0.2, 0) is 27.4 Å². The molecule has 2 aliphatic rings. The van der Waals surface area contributed by atoms with Crippen molar-refractivity contribution in [3.63, 3.8) is 0 Å². The number of nitrogens with zero attached hydrogens (tertiary/aromatic N) is 4. The van der Waals surface area contributed by atoms with E-state index in [9.17, 15) is 13.2 Å². The lowest BCUT2D eigenvalue weighted by Crippen LogP contribution is -2.38.